The van der Waals surface area contributed by atoms with Crippen molar-refractivity contribution in [2.45, 2.75) is 6.54 Å². The molecular formula is C10H16N4O3. The van der Waals surface area contributed by atoms with Crippen molar-refractivity contribution in [2.24, 2.45) is 0 Å². The average Bonchev–Trinajstić information content (AvgIpc) is 2.65. The summed E-state index contributed by atoms with van der Waals surface area (Å²) in [5, 5.41) is 15.1. The molecule has 1 rings (SSSR count). The number of amides is 1. The highest BCUT2D eigenvalue weighted by molar-refractivity contribution is 5.85. The molecule has 0 aliphatic carbocycles. The fraction of sp³-hybridized carbons (Fsp3) is 0.500. The number of carbonyl (C=O) groups is 2. The second-order valence-corrected chi connectivity index (χ2v) is 3.86. The Labute approximate surface area is 99.0 Å². The van der Waals surface area contributed by atoms with E-state index in [-0.39, 0.29) is 18.1 Å². The third-order valence-corrected chi connectivity index (χ3v) is 2.05. The van der Waals surface area contributed by atoms with Crippen LogP contribution in [0.2, 0.25) is 0 Å². The smallest absolute Gasteiger partial charge is 0.356 e. The third-order valence-electron chi connectivity index (χ3n) is 2.05. The molecule has 7 nitrogen and oxygen atoms in total. The summed E-state index contributed by atoms with van der Waals surface area (Å²) in [5.74, 6) is -1.29. The highest BCUT2D eigenvalue weighted by atomic mass is 16.4. The SMILES string of the molecule is CN(C)CCNC(=O)Cn1ccc(C(=O)O)n1. The first kappa shape index (κ1) is 13.2. The Balaban J connectivity index is 2.37. The van der Waals surface area contributed by atoms with Crippen molar-refractivity contribution in [1.29, 1.82) is 0 Å². The topological polar surface area (TPSA) is 87.5 Å². The molecule has 0 saturated heterocycles. The van der Waals surface area contributed by atoms with Crippen molar-refractivity contribution in [3.05, 3.63) is 18.0 Å². The van der Waals surface area contributed by atoms with E-state index in [1.807, 2.05) is 19.0 Å². The standard InChI is InChI=1S/C10H16N4O3/c1-13(2)6-4-11-9(15)7-14-5-3-8(12-14)10(16)17/h3,5H,4,6-7H2,1-2H3,(H,11,15)(H,16,17). The number of nitrogens with one attached hydrogen (secondary N) is 1. The van der Waals surface area contributed by atoms with Gasteiger partial charge < -0.3 is 15.3 Å². The molecule has 17 heavy (non-hydrogen) atoms. The lowest BCUT2D eigenvalue weighted by Crippen LogP contribution is -2.33. The van der Waals surface area contributed by atoms with E-state index in [4.69, 9.17) is 5.11 Å². The first-order valence-corrected chi connectivity index (χ1v) is 5.17. The van der Waals surface area contributed by atoms with Gasteiger partial charge in [-0.2, -0.15) is 5.10 Å². The zero-order valence-electron chi connectivity index (χ0n) is 9.88. The van der Waals surface area contributed by atoms with Gasteiger partial charge in [-0.25, -0.2) is 4.79 Å². The van der Waals surface area contributed by atoms with Crippen LogP contribution in [0.5, 0.6) is 0 Å². The molecule has 7 heteroatoms. The quantitative estimate of drug-likeness (QED) is 0.683. The fourth-order valence-electron chi connectivity index (χ4n) is 1.19. The highest BCUT2D eigenvalue weighted by Gasteiger charge is 2.08. The van der Waals surface area contributed by atoms with Gasteiger partial charge in [-0.1, -0.05) is 0 Å². The summed E-state index contributed by atoms with van der Waals surface area (Å²) in [7, 11) is 3.83. The number of hydrogen-bond donors (Lipinski definition) is 2. The monoisotopic (exact) mass is 240 g/mol. The van der Waals surface area contributed by atoms with Crippen molar-refractivity contribution >= 4 is 11.9 Å². The molecule has 0 saturated carbocycles. The minimum atomic E-state index is -1.10. The van der Waals surface area contributed by atoms with Crippen LogP contribution in [0.25, 0.3) is 0 Å². The van der Waals surface area contributed by atoms with Gasteiger partial charge in [-0.15, -0.1) is 0 Å². The number of carboxylic acids is 1. The van der Waals surface area contributed by atoms with Gasteiger partial charge >= 0.3 is 5.97 Å². The van der Waals surface area contributed by atoms with Crippen LogP contribution in [0, 0.1) is 0 Å². The van der Waals surface area contributed by atoms with Crippen molar-refractivity contribution in [3.8, 4) is 0 Å². The van der Waals surface area contributed by atoms with Gasteiger partial charge in [0.05, 0.1) is 0 Å². The first-order chi connectivity index (χ1) is 7.99. The zero-order chi connectivity index (χ0) is 12.8. The molecule has 0 bridgehead atoms. The van der Waals surface area contributed by atoms with Gasteiger partial charge in [-0.05, 0) is 20.2 Å². The van der Waals surface area contributed by atoms with E-state index < -0.39 is 5.97 Å². The fourth-order valence-corrected chi connectivity index (χ4v) is 1.19. The van der Waals surface area contributed by atoms with E-state index in [1.165, 1.54) is 16.9 Å². The Bertz CT molecular complexity index is 400. The van der Waals surface area contributed by atoms with Crippen molar-refractivity contribution in [2.75, 3.05) is 27.2 Å². The van der Waals surface area contributed by atoms with Crippen LogP contribution < -0.4 is 5.32 Å². The Morgan fingerprint density at radius 2 is 2.24 bits per heavy atom. The van der Waals surface area contributed by atoms with Gasteiger partial charge in [0.25, 0.3) is 0 Å². The molecule has 0 radical (unpaired) electrons. The number of aromatic nitrogens is 2. The molecule has 0 atom stereocenters. The Morgan fingerprint density at radius 3 is 2.76 bits per heavy atom. The lowest BCUT2D eigenvalue weighted by atomic mass is 10.4. The second-order valence-electron chi connectivity index (χ2n) is 3.86. The summed E-state index contributed by atoms with van der Waals surface area (Å²) in [6.45, 7) is 1.34. The lowest BCUT2D eigenvalue weighted by molar-refractivity contribution is -0.121. The van der Waals surface area contributed by atoms with Crippen molar-refractivity contribution in [1.82, 2.24) is 20.0 Å². The Hall–Kier alpha value is -1.89. The third kappa shape index (κ3) is 4.64. The Kier molecular flexibility index (Phi) is 4.65. The largest absolute Gasteiger partial charge is 0.476 e. The van der Waals surface area contributed by atoms with Gasteiger partial charge in [-0.3, -0.25) is 9.48 Å². The Morgan fingerprint density at radius 1 is 1.53 bits per heavy atom. The van der Waals surface area contributed by atoms with E-state index in [0.717, 1.165) is 6.54 Å². The lowest BCUT2D eigenvalue weighted by Gasteiger charge is -2.10. The molecule has 94 valence electrons. The zero-order valence-corrected chi connectivity index (χ0v) is 9.88. The van der Waals surface area contributed by atoms with E-state index in [2.05, 4.69) is 10.4 Å². The molecule has 0 spiro atoms. The molecule has 0 aliphatic rings. The number of likely N-dealkylation sites (N-methyl/N-ethyl adjacent to an activating group) is 1. The molecular weight excluding hydrogens is 224 g/mol. The molecule has 1 heterocycles. The highest BCUT2D eigenvalue weighted by Crippen LogP contribution is 1.95. The second kappa shape index (κ2) is 6.00. The first-order valence-electron chi connectivity index (χ1n) is 5.17. The number of nitrogens with zero attached hydrogens (tertiary/aromatic N) is 3. The van der Waals surface area contributed by atoms with Crippen LogP contribution in [0.4, 0.5) is 0 Å². The van der Waals surface area contributed by atoms with E-state index >= 15 is 0 Å². The summed E-state index contributed by atoms with van der Waals surface area (Å²) in [4.78, 5) is 24.0. The normalized spacial score (nSPS) is 10.5. The number of aromatic carboxylic acids is 1. The maximum absolute atomic E-state index is 11.4. The summed E-state index contributed by atoms with van der Waals surface area (Å²) >= 11 is 0. The number of carboxylic acid groups (broad SMARTS) is 1. The van der Waals surface area contributed by atoms with E-state index in [1.54, 1.807) is 0 Å². The number of carbonyl (C=O) groups excluding carboxylic acids is 1. The van der Waals surface area contributed by atoms with Gasteiger partial charge in [0.15, 0.2) is 5.69 Å². The van der Waals surface area contributed by atoms with Gasteiger partial charge in [0.2, 0.25) is 5.91 Å². The minimum absolute atomic E-state index is 0.0285. The molecule has 1 aromatic heterocycles. The molecule has 1 amide bonds. The molecule has 0 aliphatic heterocycles. The van der Waals surface area contributed by atoms with Crippen LogP contribution in [0.3, 0.4) is 0 Å². The van der Waals surface area contributed by atoms with Gasteiger partial charge in [0, 0.05) is 19.3 Å². The van der Waals surface area contributed by atoms with Crippen molar-refractivity contribution < 1.29 is 14.7 Å². The molecule has 2 N–H and O–H groups in total. The van der Waals surface area contributed by atoms with Gasteiger partial charge in [0.1, 0.15) is 6.54 Å². The molecule has 1 aromatic rings. The van der Waals surface area contributed by atoms with Crippen LogP contribution >= 0.6 is 0 Å². The van der Waals surface area contributed by atoms with E-state index in [9.17, 15) is 9.59 Å². The van der Waals surface area contributed by atoms with Crippen LogP contribution in [0.1, 0.15) is 10.5 Å². The number of hydrogen-bond acceptors (Lipinski definition) is 4. The van der Waals surface area contributed by atoms with Crippen LogP contribution in [-0.4, -0.2) is 58.8 Å². The minimum Gasteiger partial charge on any atom is -0.476 e. The summed E-state index contributed by atoms with van der Waals surface area (Å²) < 4.78 is 1.30. The van der Waals surface area contributed by atoms with Crippen LogP contribution in [-0.2, 0) is 11.3 Å². The summed E-state index contributed by atoms with van der Waals surface area (Å²) in [6.07, 6.45) is 1.47. The molecule has 0 aromatic carbocycles. The van der Waals surface area contributed by atoms with Crippen LogP contribution in [0.15, 0.2) is 12.3 Å². The van der Waals surface area contributed by atoms with Crippen molar-refractivity contribution in [3.63, 3.8) is 0 Å². The number of rotatable bonds is 6. The van der Waals surface area contributed by atoms with E-state index in [0.29, 0.717) is 6.54 Å². The summed E-state index contributed by atoms with van der Waals surface area (Å²) in [5.41, 5.74) is -0.0638. The maximum Gasteiger partial charge on any atom is 0.356 e. The maximum atomic E-state index is 11.4. The molecule has 0 fully saturated rings. The predicted octanol–water partition coefficient (Wildman–Crippen LogP) is -0.741. The molecule has 0 unspecified atom stereocenters. The average molecular weight is 240 g/mol. The summed E-state index contributed by atoms with van der Waals surface area (Å²) in [6, 6.07) is 1.36. The predicted molar refractivity (Wildman–Crippen MR) is 60.8 cm³/mol.